The van der Waals surface area contributed by atoms with Crippen molar-refractivity contribution in [2.45, 2.75) is 81.7 Å². The molecule has 9 aromatic carbocycles. The fraction of sp³-hybridized carbons (Fsp3) is 0.129. The standard InChI is InChI=1S/C62H43B2NO2S3/c1-61(2,3)36-19-21-38-40-29-44-54-59(57(40)66-46(38)27-36)70-60-55-45(30-41-39-22-20-37(62(4,5)6)28-47(39)67-58(41)60)64-43-26-35(33-15-11-8-12-16-33)18-24-49(43)69-51-31-50-52(56(53(51)64)65(54)55)63(44)42-25-34(17-23-48(42)68-50)32-13-9-7-10-14-32/h7-31H,1-6H3. The second kappa shape index (κ2) is 13.7. The zero-order valence-electron chi connectivity index (χ0n) is 39.6. The largest absolute Gasteiger partial charge is 0.455 e. The summed E-state index contributed by atoms with van der Waals surface area (Å²) in [5.41, 5.74) is 23.3. The van der Waals surface area contributed by atoms with Gasteiger partial charge >= 0.3 is 0 Å². The topological polar surface area (TPSA) is 29.5 Å². The summed E-state index contributed by atoms with van der Waals surface area (Å²) in [7, 11) is 0. The third-order valence-electron chi connectivity index (χ3n) is 15.9. The SMILES string of the molecule is CC(C)(C)c1ccc2c(c1)oc1c3c4c(cc12)B1c2cc(-c5ccccc5)ccc2Sc2cc5c6c(c21)N4c1c(cc2c(oc4cc(C(C)(C)C)ccc42)c1S3)B6c1cc(-c2ccccc2)ccc1S5. The molecule has 70 heavy (non-hydrogen) atoms. The van der Waals surface area contributed by atoms with Gasteiger partial charge in [-0.2, -0.15) is 0 Å². The fourth-order valence-electron chi connectivity index (χ4n) is 12.4. The number of benzene rings is 9. The van der Waals surface area contributed by atoms with Crippen molar-refractivity contribution in [3.05, 3.63) is 163 Å². The first-order chi connectivity index (χ1) is 33.9. The van der Waals surface area contributed by atoms with Gasteiger partial charge in [-0.15, -0.1) is 0 Å². The highest BCUT2D eigenvalue weighted by atomic mass is 32.2. The number of anilines is 3. The van der Waals surface area contributed by atoms with Crippen molar-refractivity contribution in [1.82, 2.24) is 0 Å². The third kappa shape index (κ3) is 5.34. The van der Waals surface area contributed by atoms with E-state index in [4.69, 9.17) is 8.83 Å². The lowest BCUT2D eigenvalue weighted by Gasteiger charge is -2.49. The Bertz CT molecular complexity index is 3930. The molecule has 0 atom stereocenters. The van der Waals surface area contributed by atoms with Gasteiger partial charge in [0, 0.05) is 46.8 Å². The van der Waals surface area contributed by atoms with Crippen LogP contribution in [0.4, 0.5) is 17.1 Å². The maximum absolute atomic E-state index is 7.28. The van der Waals surface area contributed by atoms with Crippen LogP contribution in [0.15, 0.2) is 190 Å². The van der Waals surface area contributed by atoms with E-state index in [0.717, 1.165) is 33.1 Å². The molecule has 332 valence electrons. The van der Waals surface area contributed by atoms with Gasteiger partial charge in [-0.05, 0) is 96.4 Å². The number of furan rings is 2. The maximum atomic E-state index is 7.28. The van der Waals surface area contributed by atoms with Gasteiger partial charge in [0.25, 0.3) is 0 Å². The fourth-order valence-corrected chi connectivity index (χ4v) is 16.1. The van der Waals surface area contributed by atoms with Gasteiger partial charge in [0.05, 0.1) is 21.2 Å². The zero-order valence-corrected chi connectivity index (χ0v) is 42.0. The molecule has 8 heteroatoms. The van der Waals surface area contributed by atoms with Crippen LogP contribution in [0.5, 0.6) is 0 Å². The predicted molar refractivity (Wildman–Crippen MR) is 299 cm³/mol. The smallest absolute Gasteiger partial charge is 0.249 e. The molecular weight excluding hydrogens is 909 g/mol. The van der Waals surface area contributed by atoms with Crippen LogP contribution in [0.25, 0.3) is 66.1 Å². The van der Waals surface area contributed by atoms with Crippen molar-refractivity contribution in [3.63, 3.8) is 0 Å². The Morgan fingerprint density at radius 1 is 0.386 bits per heavy atom. The molecule has 0 saturated heterocycles. The molecular formula is C62H43B2NO2S3. The van der Waals surface area contributed by atoms with Crippen LogP contribution in [-0.2, 0) is 10.8 Å². The van der Waals surface area contributed by atoms with Gasteiger partial charge in [0.1, 0.15) is 11.2 Å². The van der Waals surface area contributed by atoms with E-state index in [1.54, 1.807) is 0 Å². The summed E-state index contributed by atoms with van der Waals surface area (Å²) < 4.78 is 14.6. The van der Waals surface area contributed by atoms with Gasteiger partial charge in [-0.3, -0.25) is 0 Å². The number of hydrogen-bond donors (Lipinski definition) is 0. The van der Waals surface area contributed by atoms with Crippen molar-refractivity contribution in [2.24, 2.45) is 0 Å². The summed E-state index contributed by atoms with van der Waals surface area (Å²) >= 11 is 5.76. The molecule has 0 unspecified atom stereocenters. The number of hydrogen-bond acceptors (Lipinski definition) is 6. The number of nitrogens with zero attached hydrogens (tertiary/aromatic N) is 1. The van der Waals surface area contributed by atoms with Crippen molar-refractivity contribution in [3.8, 4) is 22.3 Å². The molecule has 0 radical (unpaired) electrons. The molecule has 0 spiro atoms. The van der Waals surface area contributed by atoms with Gasteiger partial charge in [-0.25, -0.2) is 0 Å². The summed E-state index contributed by atoms with van der Waals surface area (Å²) in [4.78, 5) is 10.4. The quantitative estimate of drug-likeness (QED) is 0.160. The third-order valence-corrected chi connectivity index (χ3v) is 19.3. The van der Waals surface area contributed by atoms with Crippen LogP contribution in [0.1, 0.15) is 52.7 Å². The van der Waals surface area contributed by atoms with Gasteiger partial charge < -0.3 is 13.7 Å². The van der Waals surface area contributed by atoms with Crippen LogP contribution in [0.3, 0.4) is 0 Å². The Morgan fingerprint density at radius 2 is 0.843 bits per heavy atom. The predicted octanol–water partition coefficient (Wildman–Crippen LogP) is 13.9. The average Bonchev–Trinajstić information content (AvgIpc) is 3.93. The maximum Gasteiger partial charge on any atom is 0.249 e. The first-order valence-corrected chi connectivity index (χ1v) is 26.9. The van der Waals surface area contributed by atoms with E-state index in [0.29, 0.717) is 0 Å². The highest BCUT2D eigenvalue weighted by Crippen LogP contribution is 2.60. The van der Waals surface area contributed by atoms with Gasteiger partial charge in [-0.1, -0.05) is 209 Å². The first-order valence-electron chi connectivity index (χ1n) is 24.4. The second-order valence-electron chi connectivity index (χ2n) is 22.0. The van der Waals surface area contributed by atoms with Crippen LogP contribution in [0, 0.1) is 0 Å². The Hall–Kier alpha value is -6.44. The summed E-state index contributed by atoms with van der Waals surface area (Å²) in [6.07, 6.45) is 0. The van der Waals surface area contributed by atoms with E-state index < -0.39 is 0 Å². The molecule has 5 aliphatic rings. The Morgan fingerprint density at radius 3 is 1.29 bits per heavy atom. The zero-order chi connectivity index (χ0) is 46.7. The van der Waals surface area contributed by atoms with E-state index in [2.05, 4.69) is 198 Å². The number of fused-ring (bicyclic) bond motifs is 14. The van der Waals surface area contributed by atoms with Gasteiger partial charge in [0.15, 0.2) is 11.2 Å². The molecule has 3 nitrogen and oxygen atoms in total. The monoisotopic (exact) mass is 951 g/mol. The summed E-state index contributed by atoms with van der Waals surface area (Å²) in [6.45, 7) is 13.7. The molecule has 16 rings (SSSR count). The van der Waals surface area contributed by atoms with E-state index in [1.807, 2.05) is 35.3 Å². The van der Waals surface area contributed by atoms with Crippen molar-refractivity contribution < 1.29 is 8.83 Å². The summed E-state index contributed by atoms with van der Waals surface area (Å²) in [5, 5.41) is 4.65. The average molecular weight is 952 g/mol. The van der Waals surface area contributed by atoms with Gasteiger partial charge in [0.2, 0.25) is 13.4 Å². The normalized spacial score (nSPS) is 14.7. The van der Waals surface area contributed by atoms with E-state index in [-0.39, 0.29) is 24.3 Å². The van der Waals surface area contributed by atoms with Crippen LogP contribution in [0.2, 0.25) is 0 Å². The second-order valence-corrected chi connectivity index (χ2v) is 25.1. The van der Waals surface area contributed by atoms with E-state index in [9.17, 15) is 0 Å². The number of rotatable bonds is 2. The molecule has 11 aromatic rings. The lowest BCUT2D eigenvalue weighted by molar-refractivity contribution is 0.587. The molecule has 0 saturated carbocycles. The Balaban J connectivity index is 1.06. The Kier molecular flexibility index (Phi) is 7.89. The lowest BCUT2D eigenvalue weighted by atomic mass is 9.30. The van der Waals surface area contributed by atoms with Crippen molar-refractivity contribution >= 4 is 142 Å². The van der Waals surface area contributed by atoms with Crippen LogP contribution < -0.4 is 37.7 Å². The minimum Gasteiger partial charge on any atom is -0.455 e. The molecule has 5 aliphatic heterocycles. The van der Waals surface area contributed by atoms with Crippen LogP contribution >= 0.6 is 35.3 Å². The van der Waals surface area contributed by atoms with Crippen molar-refractivity contribution in [1.29, 1.82) is 0 Å². The summed E-state index contributed by atoms with van der Waals surface area (Å²) in [5.74, 6) is 0. The molecule has 0 amide bonds. The highest BCUT2D eigenvalue weighted by molar-refractivity contribution is 8.01. The van der Waals surface area contributed by atoms with E-state index >= 15 is 0 Å². The lowest BCUT2D eigenvalue weighted by Crippen LogP contribution is -2.68. The van der Waals surface area contributed by atoms with Crippen molar-refractivity contribution in [2.75, 3.05) is 4.90 Å². The highest BCUT2D eigenvalue weighted by Gasteiger charge is 2.53. The first kappa shape index (κ1) is 40.3. The van der Waals surface area contributed by atoms with E-state index in [1.165, 1.54) is 123 Å². The summed E-state index contributed by atoms with van der Waals surface area (Å²) in [6, 6.07) is 57.6. The molecule has 2 aromatic heterocycles. The Labute approximate surface area is 420 Å². The molecule has 7 heterocycles. The molecule has 0 bridgehead atoms. The van der Waals surface area contributed by atoms with Crippen LogP contribution in [-0.4, -0.2) is 13.4 Å². The minimum absolute atomic E-state index is 0.000520. The minimum atomic E-state index is -0.0234. The molecule has 0 aliphatic carbocycles. The molecule has 0 N–H and O–H groups in total. The molecule has 0 fully saturated rings.